The van der Waals surface area contributed by atoms with Crippen LogP contribution in [0.1, 0.15) is 25.6 Å². The molecule has 1 rings (SSSR count). The zero-order chi connectivity index (χ0) is 8.48. The monoisotopic (exact) mass is 188 g/mol. The second kappa shape index (κ2) is 3.16. The molecular weight excluding hydrogens is 176 g/mol. The Hall–Kier alpha value is -0.0100. The summed E-state index contributed by atoms with van der Waals surface area (Å²) in [7, 11) is 0. The quantitative estimate of drug-likeness (QED) is 0.625. The minimum absolute atomic E-state index is 0.369. The van der Waals surface area contributed by atoms with E-state index in [1.165, 1.54) is 4.88 Å². The summed E-state index contributed by atoms with van der Waals surface area (Å²) in [6, 6.07) is 2.05. The van der Waals surface area contributed by atoms with Gasteiger partial charge in [-0.15, -0.1) is 11.3 Å². The maximum Gasteiger partial charge on any atom is 0.0515 e. The van der Waals surface area contributed by atoms with E-state index in [1.54, 1.807) is 11.3 Å². The topological polar surface area (TPSA) is 0 Å². The molecule has 0 unspecified atom stereocenters. The summed E-state index contributed by atoms with van der Waals surface area (Å²) in [5, 5.41) is 2.86. The first-order valence-corrected chi connectivity index (χ1v) is 4.96. The third kappa shape index (κ3) is 3.26. The number of hydrogen-bond donors (Lipinski definition) is 0. The Kier molecular flexibility index (Phi) is 2.61. The van der Waals surface area contributed by atoms with Crippen molar-refractivity contribution in [3.63, 3.8) is 0 Å². The first-order chi connectivity index (χ1) is 4.97. The summed E-state index contributed by atoms with van der Waals surface area (Å²) in [6.07, 6.45) is 1.12. The van der Waals surface area contributed by atoms with Crippen molar-refractivity contribution in [1.29, 1.82) is 0 Å². The molecule has 0 atom stereocenters. The van der Waals surface area contributed by atoms with Crippen molar-refractivity contribution in [2.24, 2.45) is 5.41 Å². The third-order valence-electron chi connectivity index (χ3n) is 1.33. The van der Waals surface area contributed by atoms with Gasteiger partial charge in [-0.3, -0.25) is 0 Å². The van der Waals surface area contributed by atoms with Crippen LogP contribution in [0.4, 0.5) is 0 Å². The van der Waals surface area contributed by atoms with Gasteiger partial charge in [0.05, 0.1) is 5.02 Å². The van der Waals surface area contributed by atoms with Crippen molar-refractivity contribution in [1.82, 2.24) is 0 Å². The van der Waals surface area contributed by atoms with Gasteiger partial charge in [0, 0.05) is 10.3 Å². The predicted molar refractivity (Wildman–Crippen MR) is 52.5 cm³/mol. The van der Waals surface area contributed by atoms with E-state index in [4.69, 9.17) is 11.6 Å². The molecular formula is C9H13ClS. The Bertz CT molecular complexity index is 232. The lowest BCUT2D eigenvalue weighted by Crippen LogP contribution is -2.07. The maximum atomic E-state index is 5.80. The van der Waals surface area contributed by atoms with Gasteiger partial charge < -0.3 is 0 Å². The molecule has 0 spiro atoms. The SMILES string of the molecule is CC(C)(C)Cc1cc(Cl)cs1. The van der Waals surface area contributed by atoms with E-state index in [2.05, 4.69) is 26.8 Å². The molecule has 0 amide bonds. The van der Waals surface area contributed by atoms with E-state index < -0.39 is 0 Å². The van der Waals surface area contributed by atoms with Gasteiger partial charge in [-0.2, -0.15) is 0 Å². The predicted octanol–water partition coefficient (Wildman–Crippen LogP) is 3.99. The van der Waals surface area contributed by atoms with E-state index in [0.29, 0.717) is 5.41 Å². The summed E-state index contributed by atoms with van der Waals surface area (Å²) >= 11 is 7.54. The summed E-state index contributed by atoms with van der Waals surface area (Å²) in [5.41, 5.74) is 0.369. The normalized spacial score (nSPS) is 12.0. The van der Waals surface area contributed by atoms with Gasteiger partial charge in [-0.1, -0.05) is 32.4 Å². The first kappa shape index (κ1) is 9.08. The molecule has 0 bridgehead atoms. The zero-order valence-electron chi connectivity index (χ0n) is 7.15. The summed E-state index contributed by atoms with van der Waals surface area (Å²) < 4.78 is 0. The largest absolute Gasteiger partial charge is 0.147 e. The van der Waals surface area contributed by atoms with Crippen LogP contribution in [0.3, 0.4) is 0 Å². The summed E-state index contributed by atoms with van der Waals surface area (Å²) in [5.74, 6) is 0. The van der Waals surface area contributed by atoms with E-state index in [0.717, 1.165) is 11.4 Å². The Balaban J connectivity index is 2.65. The van der Waals surface area contributed by atoms with E-state index in [1.807, 2.05) is 5.38 Å². The Labute approximate surface area is 77.2 Å². The number of halogens is 1. The van der Waals surface area contributed by atoms with Crippen LogP contribution in [0.5, 0.6) is 0 Å². The molecule has 62 valence electrons. The van der Waals surface area contributed by atoms with Crippen molar-refractivity contribution in [2.45, 2.75) is 27.2 Å². The van der Waals surface area contributed by atoms with Gasteiger partial charge in [0.25, 0.3) is 0 Å². The van der Waals surface area contributed by atoms with Crippen LogP contribution in [0.2, 0.25) is 5.02 Å². The lowest BCUT2D eigenvalue weighted by molar-refractivity contribution is 0.414. The van der Waals surface area contributed by atoms with Crippen molar-refractivity contribution in [2.75, 3.05) is 0 Å². The molecule has 0 aliphatic heterocycles. The Morgan fingerprint density at radius 2 is 2.09 bits per heavy atom. The van der Waals surface area contributed by atoms with E-state index >= 15 is 0 Å². The molecule has 0 aromatic carbocycles. The highest BCUT2D eigenvalue weighted by Crippen LogP contribution is 2.26. The number of thiophene rings is 1. The minimum atomic E-state index is 0.369. The lowest BCUT2D eigenvalue weighted by atomic mass is 9.92. The molecule has 11 heavy (non-hydrogen) atoms. The van der Waals surface area contributed by atoms with Gasteiger partial charge in [-0.25, -0.2) is 0 Å². The van der Waals surface area contributed by atoms with Crippen LogP contribution < -0.4 is 0 Å². The van der Waals surface area contributed by atoms with Crippen LogP contribution >= 0.6 is 22.9 Å². The standard InChI is InChI=1S/C9H13ClS/c1-9(2,3)5-8-4-7(10)6-11-8/h4,6H,5H2,1-3H3. The smallest absolute Gasteiger partial charge is 0.0515 e. The highest BCUT2D eigenvalue weighted by molar-refractivity contribution is 7.10. The minimum Gasteiger partial charge on any atom is -0.147 e. The molecule has 0 radical (unpaired) electrons. The second-order valence-corrected chi connectivity index (χ2v) is 5.40. The lowest BCUT2D eigenvalue weighted by Gasteiger charge is -2.15. The van der Waals surface area contributed by atoms with Gasteiger partial charge >= 0.3 is 0 Å². The van der Waals surface area contributed by atoms with Crippen LogP contribution in [-0.4, -0.2) is 0 Å². The van der Waals surface area contributed by atoms with E-state index in [-0.39, 0.29) is 0 Å². The highest BCUT2D eigenvalue weighted by atomic mass is 35.5. The highest BCUT2D eigenvalue weighted by Gasteiger charge is 2.12. The molecule has 0 saturated carbocycles. The van der Waals surface area contributed by atoms with Gasteiger partial charge in [0.15, 0.2) is 0 Å². The fraction of sp³-hybridized carbons (Fsp3) is 0.556. The van der Waals surface area contributed by atoms with Crippen molar-refractivity contribution in [3.8, 4) is 0 Å². The molecule has 0 nitrogen and oxygen atoms in total. The third-order valence-corrected chi connectivity index (χ3v) is 2.61. The molecule has 1 aromatic heterocycles. The molecule has 1 heterocycles. The van der Waals surface area contributed by atoms with Crippen LogP contribution in [-0.2, 0) is 6.42 Å². The molecule has 0 aliphatic rings. The molecule has 0 N–H and O–H groups in total. The van der Waals surface area contributed by atoms with Crippen LogP contribution in [0.15, 0.2) is 11.4 Å². The number of hydrogen-bond acceptors (Lipinski definition) is 1. The zero-order valence-corrected chi connectivity index (χ0v) is 8.72. The molecule has 0 saturated heterocycles. The fourth-order valence-corrected chi connectivity index (χ4v) is 2.34. The Morgan fingerprint density at radius 1 is 1.45 bits per heavy atom. The average molecular weight is 189 g/mol. The summed E-state index contributed by atoms with van der Waals surface area (Å²) in [6.45, 7) is 6.71. The van der Waals surface area contributed by atoms with Crippen LogP contribution in [0.25, 0.3) is 0 Å². The van der Waals surface area contributed by atoms with Crippen LogP contribution in [0, 0.1) is 5.41 Å². The van der Waals surface area contributed by atoms with Crippen molar-refractivity contribution < 1.29 is 0 Å². The maximum absolute atomic E-state index is 5.80. The van der Waals surface area contributed by atoms with Gasteiger partial charge in [0.1, 0.15) is 0 Å². The number of rotatable bonds is 1. The average Bonchev–Trinajstić information content (AvgIpc) is 2.10. The van der Waals surface area contributed by atoms with Gasteiger partial charge in [-0.05, 0) is 17.9 Å². The van der Waals surface area contributed by atoms with Crippen molar-refractivity contribution >= 4 is 22.9 Å². The van der Waals surface area contributed by atoms with Crippen molar-refractivity contribution in [3.05, 3.63) is 21.3 Å². The van der Waals surface area contributed by atoms with E-state index in [9.17, 15) is 0 Å². The summed E-state index contributed by atoms with van der Waals surface area (Å²) in [4.78, 5) is 1.38. The molecule has 2 heteroatoms. The second-order valence-electron chi connectivity index (χ2n) is 3.97. The molecule has 0 fully saturated rings. The first-order valence-electron chi connectivity index (χ1n) is 3.70. The molecule has 1 aromatic rings. The van der Waals surface area contributed by atoms with Gasteiger partial charge in [0.2, 0.25) is 0 Å². The molecule has 0 aliphatic carbocycles. The fourth-order valence-electron chi connectivity index (χ4n) is 0.969. The Morgan fingerprint density at radius 3 is 2.45 bits per heavy atom.